The topological polar surface area (TPSA) is 55.8 Å². The highest BCUT2D eigenvalue weighted by Crippen LogP contribution is 2.36. The van der Waals surface area contributed by atoms with Crippen LogP contribution in [0, 0.1) is 0 Å². The number of thioether (sulfide) groups is 1. The SMILES string of the molecule is CCOc1ccc(/C=C2\SC(=O)N([C@@H](C)CC)C2=O)c(OCC)c1. The summed E-state index contributed by atoms with van der Waals surface area (Å²) in [5, 5.41) is -0.218. The fourth-order valence-corrected chi connectivity index (χ4v) is 3.28. The van der Waals surface area contributed by atoms with Gasteiger partial charge in [-0.25, -0.2) is 0 Å². The zero-order valence-corrected chi connectivity index (χ0v) is 15.3. The molecule has 0 saturated carbocycles. The van der Waals surface area contributed by atoms with Crippen molar-refractivity contribution in [3.63, 3.8) is 0 Å². The number of rotatable bonds is 7. The summed E-state index contributed by atoms with van der Waals surface area (Å²) in [5.74, 6) is 1.11. The molecule has 0 unspecified atom stereocenters. The number of amides is 2. The van der Waals surface area contributed by atoms with Crippen molar-refractivity contribution in [3.05, 3.63) is 28.7 Å². The average Bonchev–Trinajstić information content (AvgIpc) is 2.83. The predicted octanol–water partition coefficient (Wildman–Crippen LogP) is 4.32. The van der Waals surface area contributed by atoms with Crippen LogP contribution < -0.4 is 9.47 Å². The maximum Gasteiger partial charge on any atom is 0.293 e. The van der Waals surface area contributed by atoms with E-state index < -0.39 is 0 Å². The van der Waals surface area contributed by atoms with Gasteiger partial charge in [0.1, 0.15) is 11.5 Å². The number of nitrogens with zero attached hydrogens (tertiary/aromatic N) is 1. The largest absolute Gasteiger partial charge is 0.494 e. The summed E-state index contributed by atoms with van der Waals surface area (Å²) >= 11 is 0.973. The first kappa shape index (κ1) is 18.4. The molecule has 1 aliphatic rings. The lowest BCUT2D eigenvalue weighted by atomic mass is 10.1. The highest BCUT2D eigenvalue weighted by molar-refractivity contribution is 8.18. The molecule has 1 aromatic rings. The van der Waals surface area contributed by atoms with Gasteiger partial charge in [-0.3, -0.25) is 14.5 Å². The van der Waals surface area contributed by atoms with Crippen molar-refractivity contribution in [2.24, 2.45) is 0 Å². The van der Waals surface area contributed by atoms with E-state index in [1.54, 1.807) is 12.1 Å². The number of hydrogen-bond acceptors (Lipinski definition) is 5. The van der Waals surface area contributed by atoms with Crippen LogP contribution >= 0.6 is 11.8 Å². The molecule has 0 N–H and O–H groups in total. The van der Waals surface area contributed by atoms with E-state index in [1.807, 2.05) is 39.8 Å². The Balaban J connectivity index is 2.33. The number of ether oxygens (including phenoxy) is 2. The molecule has 1 fully saturated rings. The summed E-state index contributed by atoms with van der Waals surface area (Å²) in [4.78, 5) is 26.4. The van der Waals surface area contributed by atoms with Crippen molar-refractivity contribution in [1.29, 1.82) is 0 Å². The lowest BCUT2D eigenvalue weighted by Gasteiger charge is -2.19. The van der Waals surface area contributed by atoms with Crippen LogP contribution in [0.2, 0.25) is 0 Å². The van der Waals surface area contributed by atoms with Crippen molar-refractivity contribution in [1.82, 2.24) is 4.90 Å². The minimum Gasteiger partial charge on any atom is -0.494 e. The first-order valence-electron chi connectivity index (χ1n) is 8.18. The van der Waals surface area contributed by atoms with Crippen LogP contribution in [0.1, 0.15) is 39.7 Å². The van der Waals surface area contributed by atoms with Crippen molar-refractivity contribution in [2.45, 2.75) is 40.2 Å². The van der Waals surface area contributed by atoms with Gasteiger partial charge in [0, 0.05) is 17.7 Å². The van der Waals surface area contributed by atoms with Gasteiger partial charge >= 0.3 is 0 Å². The van der Waals surface area contributed by atoms with Crippen LogP contribution in [0.25, 0.3) is 6.08 Å². The van der Waals surface area contributed by atoms with Gasteiger partial charge in [-0.05, 0) is 57.2 Å². The lowest BCUT2D eigenvalue weighted by molar-refractivity contribution is -0.124. The second kappa shape index (κ2) is 8.24. The molecule has 1 aliphatic heterocycles. The monoisotopic (exact) mass is 349 g/mol. The Morgan fingerprint density at radius 3 is 2.50 bits per heavy atom. The number of imide groups is 1. The quantitative estimate of drug-likeness (QED) is 0.686. The van der Waals surface area contributed by atoms with Gasteiger partial charge in [0.15, 0.2) is 0 Å². The third kappa shape index (κ3) is 3.93. The molecule has 130 valence electrons. The molecule has 0 aromatic heterocycles. The molecule has 1 saturated heterocycles. The molecular formula is C18H23NO4S. The Kier molecular flexibility index (Phi) is 6.31. The molecule has 24 heavy (non-hydrogen) atoms. The first-order chi connectivity index (χ1) is 11.5. The number of carbonyl (C=O) groups excluding carboxylic acids is 2. The summed E-state index contributed by atoms with van der Waals surface area (Å²) in [7, 11) is 0. The molecule has 0 radical (unpaired) electrons. The van der Waals surface area contributed by atoms with Gasteiger partial charge in [-0.15, -0.1) is 0 Å². The van der Waals surface area contributed by atoms with Gasteiger partial charge in [0.05, 0.1) is 18.1 Å². The Morgan fingerprint density at radius 1 is 1.17 bits per heavy atom. The van der Waals surface area contributed by atoms with Crippen LogP contribution in [0.4, 0.5) is 4.79 Å². The summed E-state index contributed by atoms with van der Waals surface area (Å²) in [6.45, 7) is 8.72. The van der Waals surface area contributed by atoms with Gasteiger partial charge in [0.2, 0.25) is 0 Å². The van der Waals surface area contributed by atoms with E-state index in [4.69, 9.17) is 9.47 Å². The van der Waals surface area contributed by atoms with E-state index in [-0.39, 0.29) is 17.2 Å². The fourth-order valence-electron chi connectivity index (χ4n) is 2.35. The van der Waals surface area contributed by atoms with Crippen molar-refractivity contribution >= 4 is 29.0 Å². The summed E-state index contributed by atoms with van der Waals surface area (Å²) in [5.41, 5.74) is 0.759. The smallest absolute Gasteiger partial charge is 0.293 e. The normalized spacial score (nSPS) is 17.5. The molecule has 2 rings (SSSR count). The van der Waals surface area contributed by atoms with E-state index in [9.17, 15) is 9.59 Å². The van der Waals surface area contributed by atoms with Gasteiger partial charge < -0.3 is 9.47 Å². The minimum absolute atomic E-state index is 0.102. The Labute approximate surface area is 147 Å². The van der Waals surface area contributed by atoms with Crippen LogP contribution in [0.3, 0.4) is 0 Å². The van der Waals surface area contributed by atoms with E-state index in [1.165, 1.54) is 4.90 Å². The van der Waals surface area contributed by atoms with Gasteiger partial charge in [-0.1, -0.05) is 6.92 Å². The van der Waals surface area contributed by atoms with Gasteiger partial charge in [0.25, 0.3) is 11.1 Å². The molecule has 0 aliphatic carbocycles. The summed E-state index contributed by atoms with van der Waals surface area (Å²) in [6, 6.07) is 5.37. The summed E-state index contributed by atoms with van der Waals surface area (Å²) in [6.07, 6.45) is 2.45. The first-order valence-corrected chi connectivity index (χ1v) is 9.00. The molecule has 1 aromatic carbocycles. The highest BCUT2D eigenvalue weighted by Gasteiger charge is 2.37. The Morgan fingerprint density at radius 2 is 1.88 bits per heavy atom. The Bertz CT molecular complexity index is 656. The molecule has 0 spiro atoms. The maximum absolute atomic E-state index is 12.5. The van der Waals surface area contributed by atoms with Crippen molar-refractivity contribution in [2.75, 3.05) is 13.2 Å². The van der Waals surface area contributed by atoms with E-state index in [2.05, 4.69) is 0 Å². The van der Waals surface area contributed by atoms with Crippen LogP contribution in [-0.2, 0) is 4.79 Å². The molecule has 1 atom stereocenters. The highest BCUT2D eigenvalue weighted by atomic mass is 32.2. The number of benzene rings is 1. The minimum atomic E-state index is -0.240. The zero-order chi connectivity index (χ0) is 17.7. The average molecular weight is 349 g/mol. The van der Waals surface area contributed by atoms with E-state index in [0.717, 1.165) is 23.7 Å². The predicted molar refractivity (Wildman–Crippen MR) is 96.3 cm³/mol. The molecule has 0 bridgehead atoms. The number of hydrogen-bond donors (Lipinski definition) is 0. The molecule has 1 heterocycles. The standard InChI is InChI=1S/C18H23NO4S/c1-5-12(4)19-17(20)16(24-18(19)21)10-13-8-9-14(22-6-2)11-15(13)23-7-3/h8-12H,5-7H2,1-4H3/b16-10-/t12-/m0/s1. The van der Waals surface area contributed by atoms with Gasteiger partial charge in [-0.2, -0.15) is 0 Å². The zero-order valence-electron chi connectivity index (χ0n) is 14.5. The fraction of sp³-hybridized carbons (Fsp3) is 0.444. The second-order valence-electron chi connectivity index (χ2n) is 5.37. The van der Waals surface area contributed by atoms with Crippen LogP contribution in [0.15, 0.2) is 23.1 Å². The number of carbonyl (C=O) groups is 2. The van der Waals surface area contributed by atoms with E-state index >= 15 is 0 Å². The summed E-state index contributed by atoms with van der Waals surface area (Å²) < 4.78 is 11.1. The second-order valence-corrected chi connectivity index (χ2v) is 6.37. The third-order valence-electron chi connectivity index (χ3n) is 3.74. The lowest BCUT2D eigenvalue weighted by Crippen LogP contribution is -2.36. The van der Waals surface area contributed by atoms with E-state index in [0.29, 0.717) is 29.6 Å². The molecule has 2 amide bonds. The Hall–Kier alpha value is -1.95. The van der Waals surface area contributed by atoms with Crippen LogP contribution in [-0.4, -0.2) is 35.3 Å². The van der Waals surface area contributed by atoms with Crippen molar-refractivity contribution < 1.29 is 19.1 Å². The third-order valence-corrected chi connectivity index (χ3v) is 4.62. The molecule has 5 nitrogen and oxygen atoms in total. The molecule has 6 heteroatoms. The molecular weight excluding hydrogens is 326 g/mol. The maximum atomic E-state index is 12.5. The van der Waals surface area contributed by atoms with Crippen molar-refractivity contribution in [3.8, 4) is 11.5 Å². The van der Waals surface area contributed by atoms with Crippen LogP contribution in [0.5, 0.6) is 11.5 Å².